The zero-order valence-electron chi connectivity index (χ0n) is 11.5. The van der Waals surface area contributed by atoms with Gasteiger partial charge in [0.15, 0.2) is 5.41 Å². The van der Waals surface area contributed by atoms with E-state index in [0.29, 0.717) is 6.42 Å². The number of hydrogen-bond donors (Lipinski definition) is 0. The van der Waals surface area contributed by atoms with Crippen molar-refractivity contribution in [1.82, 2.24) is 0 Å². The third kappa shape index (κ3) is 3.20. The number of rotatable bonds is 7. The first-order valence-electron chi connectivity index (χ1n) is 6.35. The Labute approximate surface area is 104 Å². The summed E-state index contributed by atoms with van der Waals surface area (Å²) in [6.45, 7) is 9.68. The molecule has 0 aliphatic rings. The van der Waals surface area contributed by atoms with Gasteiger partial charge < -0.3 is 9.47 Å². The van der Waals surface area contributed by atoms with E-state index in [-0.39, 0.29) is 19.1 Å². The largest absolute Gasteiger partial charge is 0.465 e. The maximum Gasteiger partial charge on any atom is 0.323 e. The second-order valence-electron chi connectivity index (χ2n) is 4.08. The number of carbonyl (C=O) groups excluding carboxylic acids is 2. The Balaban J connectivity index is 5.28. The van der Waals surface area contributed by atoms with Crippen molar-refractivity contribution in [2.24, 2.45) is 11.3 Å². The van der Waals surface area contributed by atoms with Crippen LogP contribution >= 0.6 is 0 Å². The van der Waals surface area contributed by atoms with Crippen molar-refractivity contribution in [3.05, 3.63) is 0 Å². The van der Waals surface area contributed by atoms with Crippen molar-refractivity contribution in [3.63, 3.8) is 0 Å². The molecular formula is C13H24O4. The van der Waals surface area contributed by atoms with Gasteiger partial charge in [0, 0.05) is 0 Å². The minimum Gasteiger partial charge on any atom is -0.465 e. The highest BCUT2D eigenvalue weighted by Crippen LogP contribution is 2.36. The summed E-state index contributed by atoms with van der Waals surface area (Å²) in [6.07, 6.45) is 1.13. The average Bonchev–Trinajstić information content (AvgIpc) is 2.31. The van der Waals surface area contributed by atoms with Crippen LogP contribution in [0.3, 0.4) is 0 Å². The first-order chi connectivity index (χ1) is 8.00. The van der Waals surface area contributed by atoms with Gasteiger partial charge in [-0.2, -0.15) is 0 Å². The molecule has 100 valence electrons. The quantitative estimate of drug-likeness (QED) is 0.510. The molecule has 0 aliphatic carbocycles. The van der Waals surface area contributed by atoms with Crippen LogP contribution in [0.4, 0.5) is 0 Å². The molecule has 0 spiro atoms. The van der Waals surface area contributed by atoms with Crippen LogP contribution in [0.15, 0.2) is 0 Å². The van der Waals surface area contributed by atoms with E-state index in [0.717, 1.165) is 6.42 Å². The van der Waals surface area contributed by atoms with Crippen LogP contribution in [0.25, 0.3) is 0 Å². The molecule has 0 heterocycles. The normalized spacial score (nSPS) is 13.0. The molecule has 4 heteroatoms. The second-order valence-corrected chi connectivity index (χ2v) is 4.08. The molecule has 0 rings (SSSR count). The van der Waals surface area contributed by atoms with Gasteiger partial charge in [0.25, 0.3) is 0 Å². The fourth-order valence-electron chi connectivity index (χ4n) is 1.99. The van der Waals surface area contributed by atoms with E-state index in [4.69, 9.17) is 9.47 Å². The lowest BCUT2D eigenvalue weighted by Crippen LogP contribution is -2.46. The van der Waals surface area contributed by atoms with Gasteiger partial charge in [0.1, 0.15) is 0 Å². The molecular weight excluding hydrogens is 220 g/mol. The average molecular weight is 244 g/mol. The zero-order valence-corrected chi connectivity index (χ0v) is 11.5. The van der Waals surface area contributed by atoms with Gasteiger partial charge in [0.2, 0.25) is 0 Å². The molecule has 0 saturated heterocycles. The Bertz CT molecular complexity index is 242. The summed E-state index contributed by atoms with van der Waals surface area (Å²) < 4.78 is 10.1. The maximum absolute atomic E-state index is 12.1. The fraction of sp³-hybridized carbons (Fsp3) is 0.846. The second kappa shape index (κ2) is 7.30. The Kier molecular flexibility index (Phi) is 6.85. The zero-order chi connectivity index (χ0) is 13.5. The van der Waals surface area contributed by atoms with Gasteiger partial charge in [-0.3, -0.25) is 9.59 Å². The predicted molar refractivity (Wildman–Crippen MR) is 65.4 cm³/mol. The van der Waals surface area contributed by atoms with E-state index in [1.807, 2.05) is 20.8 Å². The molecule has 0 aliphatic heterocycles. The lowest BCUT2D eigenvalue weighted by molar-refractivity contribution is -0.177. The molecule has 4 nitrogen and oxygen atoms in total. The molecule has 0 aromatic heterocycles. The molecule has 0 N–H and O–H groups in total. The fourth-order valence-corrected chi connectivity index (χ4v) is 1.99. The monoisotopic (exact) mass is 244 g/mol. The molecule has 0 saturated carbocycles. The third-order valence-corrected chi connectivity index (χ3v) is 3.29. The summed E-state index contributed by atoms with van der Waals surface area (Å²) in [6, 6.07) is 0. The minimum absolute atomic E-state index is 0.0920. The van der Waals surface area contributed by atoms with Gasteiger partial charge in [-0.05, 0) is 26.2 Å². The first kappa shape index (κ1) is 15.9. The Morgan fingerprint density at radius 1 is 1.00 bits per heavy atom. The van der Waals surface area contributed by atoms with Crippen LogP contribution in [-0.4, -0.2) is 25.2 Å². The summed E-state index contributed by atoms with van der Waals surface area (Å²) in [5, 5.41) is 0. The lowest BCUT2D eigenvalue weighted by atomic mass is 9.72. The van der Waals surface area contributed by atoms with Crippen molar-refractivity contribution in [3.8, 4) is 0 Å². The summed E-state index contributed by atoms with van der Waals surface area (Å²) in [5.41, 5.74) is -1.15. The van der Waals surface area contributed by atoms with Gasteiger partial charge in [0.05, 0.1) is 13.2 Å². The van der Waals surface area contributed by atoms with E-state index in [1.54, 1.807) is 13.8 Å². The lowest BCUT2D eigenvalue weighted by Gasteiger charge is -2.32. The molecule has 17 heavy (non-hydrogen) atoms. The van der Waals surface area contributed by atoms with Crippen molar-refractivity contribution in [1.29, 1.82) is 0 Å². The van der Waals surface area contributed by atoms with Crippen LogP contribution in [0.5, 0.6) is 0 Å². The van der Waals surface area contributed by atoms with Gasteiger partial charge >= 0.3 is 11.9 Å². The van der Waals surface area contributed by atoms with Crippen LogP contribution in [0, 0.1) is 11.3 Å². The van der Waals surface area contributed by atoms with Crippen LogP contribution < -0.4 is 0 Å². The first-order valence-corrected chi connectivity index (χ1v) is 6.35. The van der Waals surface area contributed by atoms with Gasteiger partial charge in [-0.25, -0.2) is 0 Å². The van der Waals surface area contributed by atoms with E-state index >= 15 is 0 Å². The predicted octanol–water partition coefficient (Wildman–Crippen LogP) is 2.56. The van der Waals surface area contributed by atoms with Crippen LogP contribution in [-0.2, 0) is 19.1 Å². The van der Waals surface area contributed by atoms with Crippen LogP contribution in [0.1, 0.15) is 47.5 Å². The van der Waals surface area contributed by atoms with Crippen molar-refractivity contribution in [2.45, 2.75) is 47.5 Å². The molecule has 0 aromatic rings. The van der Waals surface area contributed by atoms with E-state index in [2.05, 4.69) is 0 Å². The molecule has 0 amide bonds. The topological polar surface area (TPSA) is 52.6 Å². The standard InChI is InChI=1S/C13H24O4/c1-6-10(5)13(7-2,11(14)16-8-3)12(15)17-9-4/h10H,6-9H2,1-5H3/t10-/m0/s1. The van der Waals surface area contributed by atoms with Gasteiger partial charge in [-0.15, -0.1) is 0 Å². The molecule has 0 fully saturated rings. The summed E-state index contributed by atoms with van der Waals surface area (Å²) in [5.74, 6) is -1.02. The van der Waals surface area contributed by atoms with Crippen molar-refractivity contribution < 1.29 is 19.1 Å². The summed E-state index contributed by atoms with van der Waals surface area (Å²) >= 11 is 0. The summed E-state index contributed by atoms with van der Waals surface area (Å²) in [7, 11) is 0. The van der Waals surface area contributed by atoms with Gasteiger partial charge in [-0.1, -0.05) is 27.2 Å². The maximum atomic E-state index is 12.1. The van der Waals surface area contributed by atoms with Crippen molar-refractivity contribution >= 4 is 11.9 Å². The molecule has 0 bridgehead atoms. The molecule has 0 aromatic carbocycles. The van der Waals surface area contributed by atoms with E-state index in [9.17, 15) is 9.59 Å². The van der Waals surface area contributed by atoms with E-state index < -0.39 is 17.4 Å². The highest BCUT2D eigenvalue weighted by Gasteiger charge is 2.50. The highest BCUT2D eigenvalue weighted by molar-refractivity contribution is 6.00. The molecule has 1 atom stereocenters. The smallest absolute Gasteiger partial charge is 0.323 e. The molecule has 0 unspecified atom stereocenters. The van der Waals surface area contributed by atoms with Crippen molar-refractivity contribution in [2.75, 3.05) is 13.2 Å². The Morgan fingerprint density at radius 2 is 1.41 bits per heavy atom. The SMILES string of the molecule is CCOC(=O)C(CC)(C(=O)OCC)[C@@H](C)CC. The number of carbonyl (C=O) groups is 2. The van der Waals surface area contributed by atoms with E-state index in [1.165, 1.54) is 0 Å². The Morgan fingerprint density at radius 3 is 1.65 bits per heavy atom. The summed E-state index contributed by atoms with van der Waals surface area (Å²) in [4.78, 5) is 24.2. The minimum atomic E-state index is -1.15. The number of hydrogen-bond acceptors (Lipinski definition) is 4. The molecule has 0 radical (unpaired) electrons. The third-order valence-electron chi connectivity index (χ3n) is 3.29. The van der Waals surface area contributed by atoms with Crippen LogP contribution in [0.2, 0.25) is 0 Å². The highest BCUT2D eigenvalue weighted by atomic mass is 16.6. The number of ether oxygens (including phenoxy) is 2. The number of esters is 2. The Hall–Kier alpha value is -1.06.